The van der Waals surface area contributed by atoms with Crippen molar-refractivity contribution in [2.24, 2.45) is 5.92 Å². The topological polar surface area (TPSA) is 340 Å². The molecule has 338 valence electrons. The Bertz CT molecular complexity index is 1680. The summed E-state index contributed by atoms with van der Waals surface area (Å²) in [7, 11) is 0. The van der Waals surface area contributed by atoms with Gasteiger partial charge in [0.15, 0.2) is 0 Å². The zero-order chi connectivity index (χ0) is 45.0. The first-order chi connectivity index (χ1) is 29.0. The fourth-order valence-electron chi connectivity index (χ4n) is 6.66. The first-order valence-corrected chi connectivity index (χ1v) is 20.4. The van der Waals surface area contributed by atoms with Gasteiger partial charge in [-0.15, -0.1) is 0 Å². The zero-order valence-electron chi connectivity index (χ0n) is 34.5. The Morgan fingerprint density at radius 3 is 1.48 bits per heavy atom. The van der Waals surface area contributed by atoms with Crippen LogP contribution in [-0.2, 0) is 57.5 Å². The third-order valence-corrected chi connectivity index (χ3v) is 10.3. The summed E-state index contributed by atoms with van der Waals surface area (Å²) in [5.41, 5.74) is -1.41. The normalized spacial score (nSPS) is 24.0. The molecule has 0 aromatic heterocycles. The molecule has 24 heteroatoms. The SMILES string of the molecule is CC[C@H](C)C1NC(=O)CNC(=O)CC(C(=O)N2CCCCC2)NC(=O)CNC(=O)C2(CCCC2)NC(=O)CNC(=O)CNC(=O)CNC(=O)CNC(=O)CNC(=O)CNC1=O. The molecule has 2 aliphatic heterocycles. The van der Waals surface area contributed by atoms with Crippen molar-refractivity contribution in [2.75, 3.05) is 65.4 Å². The minimum absolute atomic E-state index is 0.231. The Kier molecular flexibility index (Phi) is 19.8. The van der Waals surface area contributed by atoms with Gasteiger partial charge in [0.05, 0.1) is 58.8 Å². The summed E-state index contributed by atoms with van der Waals surface area (Å²) >= 11 is 0. The van der Waals surface area contributed by atoms with E-state index in [4.69, 9.17) is 0 Å². The van der Waals surface area contributed by atoms with Crippen LogP contribution in [0.4, 0.5) is 0 Å². The Hall–Kier alpha value is -6.36. The van der Waals surface area contributed by atoms with Gasteiger partial charge < -0.3 is 63.4 Å². The molecule has 2 saturated heterocycles. The molecule has 61 heavy (non-hydrogen) atoms. The lowest BCUT2D eigenvalue weighted by Gasteiger charge is -2.31. The van der Waals surface area contributed by atoms with Crippen LogP contribution in [0.25, 0.3) is 0 Å². The van der Waals surface area contributed by atoms with E-state index >= 15 is 0 Å². The number of rotatable bonds is 3. The molecule has 0 aromatic carbocycles. The summed E-state index contributed by atoms with van der Waals surface area (Å²) in [6.07, 6.45) is 3.82. The van der Waals surface area contributed by atoms with Crippen molar-refractivity contribution >= 4 is 70.9 Å². The van der Waals surface area contributed by atoms with Crippen LogP contribution in [0.3, 0.4) is 0 Å². The summed E-state index contributed by atoms with van der Waals surface area (Å²) in [6.45, 7) is -0.348. The second-order valence-electron chi connectivity index (χ2n) is 15.0. The lowest BCUT2D eigenvalue weighted by atomic mass is 9.96. The van der Waals surface area contributed by atoms with Gasteiger partial charge in [-0.25, -0.2) is 0 Å². The van der Waals surface area contributed by atoms with E-state index in [2.05, 4.69) is 58.5 Å². The van der Waals surface area contributed by atoms with E-state index in [0.717, 1.165) is 19.3 Å². The summed E-state index contributed by atoms with van der Waals surface area (Å²) in [5.74, 6) is -9.28. The number of hydrogen-bond acceptors (Lipinski definition) is 12. The van der Waals surface area contributed by atoms with Gasteiger partial charge in [0.1, 0.15) is 17.6 Å². The van der Waals surface area contributed by atoms with E-state index in [9.17, 15) is 57.5 Å². The average Bonchev–Trinajstić information content (AvgIpc) is 3.73. The molecular weight excluding hydrogens is 804 g/mol. The minimum atomic E-state index is -1.41. The number of carbonyl (C=O) groups excluding carboxylic acids is 12. The van der Waals surface area contributed by atoms with Crippen LogP contribution in [-0.4, -0.2) is 159 Å². The molecule has 3 fully saturated rings. The van der Waals surface area contributed by atoms with Crippen LogP contribution in [0, 0.1) is 5.92 Å². The molecule has 12 amide bonds. The number of likely N-dealkylation sites (tertiary alicyclic amines) is 1. The maximum atomic E-state index is 13.5. The Morgan fingerprint density at radius 2 is 0.967 bits per heavy atom. The lowest BCUT2D eigenvalue weighted by Crippen LogP contribution is -2.60. The highest BCUT2D eigenvalue weighted by atomic mass is 16.2. The van der Waals surface area contributed by atoms with Gasteiger partial charge in [0.2, 0.25) is 70.9 Å². The Labute approximate surface area is 352 Å². The fraction of sp³-hybridized carbons (Fsp3) is 0.676. The molecule has 2 heterocycles. The van der Waals surface area contributed by atoms with Gasteiger partial charge in [0, 0.05) is 13.1 Å². The third-order valence-electron chi connectivity index (χ3n) is 10.3. The highest BCUT2D eigenvalue weighted by Gasteiger charge is 2.42. The quantitative estimate of drug-likeness (QED) is 0.126. The molecule has 3 rings (SSSR count). The standard InChI is InChI=1S/C37H58N12O12/c1-3-22(2)33-34(59)44-18-29(55)42-16-27(53)40-14-25(51)39-15-26(52)41-17-28(54)43-21-32(58)48-37(9-5-6-10-37)36(61)45-20-30(56)46-23(13-24(50)38-19-31(57)47-33)35(60)49-11-7-4-8-12-49/h22-23,33H,3-21H2,1-2H3,(H,38,50)(H,39,51)(H,40,53)(H,41,52)(H,42,55)(H,43,54)(H,44,59)(H,45,61)(H,46,56)(H,47,57)(H,48,58)/t22-,23?,33?/m0/s1. The maximum absolute atomic E-state index is 13.5. The van der Waals surface area contributed by atoms with E-state index in [1.165, 1.54) is 4.90 Å². The van der Waals surface area contributed by atoms with E-state index in [0.29, 0.717) is 32.4 Å². The van der Waals surface area contributed by atoms with Crippen LogP contribution in [0.5, 0.6) is 0 Å². The first-order valence-electron chi connectivity index (χ1n) is 20.4. The molecule has 1 aliphatic carbocycles. The van der Waals surface area contributed by atoms with Crippen molar-refractivity contribution in [3.05, 3.63) is 0 Å². The molecule has 1 saturated carbocycles. The summed E-state index contributed by atoms with van der Waals surface area (Å²) in [6, 6.07) is -2.50. The Balaban J connectivity index is 1.73. The van der Waals surface area contributed by atoms with Crippen LogP contribution in [0.2, 0.25) is 0 Å². The molecule has 0 bridgehead atoms. The monoisotopic (exact) mass is 862 g/mol. The van der Waals surface area contributed by atoms with Crippen molar-refractivity contribution in [1.29, 1.82) is 0 Å². The van der Waals surface area contributed by atoms with Crippen LogP contribution in [0.15, 0.2) is 0 Å². The maximum Gasteiger partial charge on any atom is 0.246 e. The van der Waals surface area contributed by atoms with Gasteiger partial charge >= 0.3 is 0 Å². The molecule has 11 N–H and O–H groups in total. The summed E-state index contributed by atoms with van der Waals surface area (Å²) in [4.78, 5) is 155. The first kappa shape index (κ1) is 49.0. The van der Waals surface area contributed by atoms with Gasteiger partial charge in [-0.2, -0.15) is 0 Å². The van der Waals surface area contributed by atoms with Crippen molar-refractivity contribution < 1.29 is 57.5 Å². The number of hydrogen-bond donors (Lipinski definition) is 11. The highest BCUT2D eigenvalue weighted by molar-refractivity contribution is 5.98. The minimum Gasteiger partial charge on any atom is -0.347 e. The predicted molar refractivity (Wildman–Crippen MR) is 212 cm³/mol. The largest absolute Gasteiger partial charge is 0.347 e. The predicted octanol–water partition coefficient (Wildman–Crippen LogP) is -6.22. The van der Waals surface area contributed by atoms with Crippen molar-refractivity contribution in [3.63, 3.8) is 0 Å². The van der Waals surface area contributed by atoms with E-state index in [1.807, 2.05) is 0 Å². The van der Waals surface area contributed by atoms with E-state index in [-0.39, 0.29) is 12.8 Å². The smallest absolute Gasteiger partial charge is 0.246 e. The van der Waals surface area contributed by atoms with Gasteiger partial charge in [-0.1, -0.05) is 33.1 Å². The lowest BCUT2D eigenvalue weighted by molar-refractivity contribution is -0.139. The van der Waals surface area contributed by atoms with Crippen molar-refractivity contribution in [3.8, 4) is 0 Å². The number of nitrogens with zero attached hydrogens (tertiary/aromatic N) is 1. The van der Waals surface area contributed by atoms with Gasteiger partial charge in [-0.3, -0.25) is 57.5 Å². The molecule has 3 aliphatic rings. The zero-order valence-corrected chi connectivity index (χ0v) is 34.5. The number of piperidine rings is 1. The molecule has 2 unspecified atom stereocenters. The average molecular weight is 863 g/mol. The molecule has 24 nitrogen and oxygen atoms in total. The van der Waals surface area contributed by atoms with Crippen LogP contribution in [0.1, 0.15) is 71.6 Å². The van der Waals surface area contributed by atoms with Crippen LogP contribution < -0.4 is 58.5 Å². The van der Waals surface area contributed by atoms with Crippen molar-refractivity contribution in [2.45, 2.75) is 89.3 Å². The number of amides is 12. The van der Waals surface area contributed by atoms with Crippen LogP contribution >= 0.6 is 0 Å². The molecule has 3 atom stereocenters. The number of nitrogens with one attached hydrogen (secondary N) is 11. The fourth-order valence-corrected chi connectivity index (χ4v) is 6.66. The van der Waals surface area contributed by atoms with E-state index < -0.39 is 153 Å². The van der Waals surface area contributed by atoms with Gasteiger partial charge in [0.25, 0.3) is 0 Å². The second kappa shape index (κ2) is 24.7. The highest BCUT2D eigenvalue weighted by Crippen LogP contribution is 2.30. The van der Waals surface area contributed by atoms with E-state index in [1.54, 1.807) is 13.8 Å². The summed E-state index contributed by atoms with van der Waals surface area (Å²) < 4.78 is 0. The Morgan fingerprint density at radius 1 is 0.541 bits per heavy atom. The molecule has 0 radical (unpaired) electrons. The number of carbonyl (C=O) groups is 12. The third kappa shape index (κ3) is 17.0. The summed E-state index contributed by atoms with van der Waals surface area (Å²) in [5, 5.41) is 26.2. The van der Waals surface area contributed by atoms with Gasteiger partial charge in [-0.05, 0) is 38.0 Å². The molecule has 0 aromatic rings. The van der Waals surface area contributed by atoms with Crippen molar-refractivity contribution in [1.82, 2.24) is 63.4 Å². The molecular formula is C37H58N12O12. The molecule has 1 spiro atoms. The second-order valence-corrected chi connectivity index (χ2v) is 15.0.